The zero-order valence-corrected chi connectivity index (χ0v) is 16.3. The average Bonchev–Trinajstić information content (AvgIpc) is 3.22. The monoisotopic (exact) mass is 383 g/mol. The van der Waals surface area contributed by atoms with Gasteiger partial charge in [0.2, 0.25) is 0 Å². The molecule has 0 spiro atoms. The molecule has 0 aliphatic carbocycles. The average molecular weight is 383 g/mol. The molecule has 1 aromatic carbocycles. The summed E-state index contributed by atoms with van der Waals surface area (Å²) in [5.74, 6) is -0.970. The first-order valence-electron chi connectivity index (χ1n) is 8.47. The molecular weight excluding hydrogens is 362 g/mol. The molecule has 0 saturated carbocycles. The van der Waals surface area contributed by atoms with Gasteiger partial charge < -0.3 is 14.6 Å². The van der Waals surface area contributed by atoms with Gasteiger partial charge in [-0.05, 0) is 36.2 Å². The van der Waals surface area contributed by atoms with E-state index in [0.717, 1.165) is 21.1 Å². The van der Waals surface area contributed by atoms with Crippen LogP contribution >= 0.6 is 11.3 Å². The van der Waals surface area contributed by atoms with Gasteiger partial charge in [-0.3, -0.25) is 4.79 Å². The molecule has 2 heterocycles. The number of hydrogen-bond donors (Lipinski definition) is 1. The van der Waals surface area contributed by atoms with Crippen LogP contribution < -0.4 is 4.90 Å². The normalized spacial score (nSPS) is 10.8. The van der Waals surface area contributed by atoms with E-state index in [4.69, 9.17) is 5.11 Å². The van der Waals surface area contributed by atoms with Gasteiger partial charge in [0.05, 0.1) is 17.8 Å². The Morgan fingerprint density at radius 3 is 2.52 bits per heavy atom. The van der Waals surface area contributed by atoms with E-state index in [-0.39, 0.29) is 17.8 Å². The van der Waals surface area contributed by atoms with E-state index in [9.17, 15) is 9.59 Å². The number of carboxylic acids is 1. The zero-order valence-electron chi connectivity index (χ0n) is 15.5. The van der Waals surface area contributed by atoms with E-state index < -0.39 is 5.97 Å². The van der Waals surface area contributed by atoms with Crippen molar-refractivity contribution in [1.29, 1.82) is 0 Å². The van der Waals surface area contributed by atoms with Gasteiger partial charge in [0.1, 0.15) is 0 Å². The van der Waals surface area contributed by atoms with Gasteiger partial charge in [-0.15, -0.1) is 11.3 Å². The molecule has 0 aliphatic rings. The Kier molecular flexibility index (Phi) is 5.41. The van der Waals surface area contributed by atoms with Crippen LogP contribution in [0.5, 0.6) is 0 Å². The summed E-state index contributed by atoms with van der Waals surface area (Å²) in [6, 6.07) is 8.31. The van der Waals surface area contributed by atoms with E-state index >= 15 is 0 Å². The van der Waals surface area contributed by atoms with Crippen LogP contribution in [-0.4, -0.2) is 40.5 Å². The van der Waals surface area contributed by atoms with Gasteiger partial charge in [0.25, 0.3) is 0 Å². The summed E-state index contributed by atoms with van der Waals surface area (Å²) in [7, 11) is 3.90. The summed E-state index contributed by atoms with van der Waals surface area (Å²) in [6.45, 7) is 2.56. The van der Waals surface area contributed by atoms with Crippen LogP contribution in [0.15, 0.2) is 42.7 Å². The summed E-state index contributed by atoms with van der Waals surface area (Å²) < 4.78 is 1.95. The summed E-state index contributed by atoms with van der Waals surface area (Å²) >= 11 is 1.60. The number of hydrogen-bond acceptors (Lipinski definition) is 5. The quantitative estimate of drug-likeness (QED) is 0.632. The number of thiazole rings is 1. The second-order valence-corrected chi connectivity index (χ2v) is 7.73. The van der Waals surface area contributed by atoms with Crippen LogP contribution in [-0.2, 0) is 13.0 Å². The molecule has 0 radical (unpaired) electrons. The molecule has 2 aromatic heterocycles. The smallest absolute Gasteiger partial charge is 0.335 e. The second-order valence-electron chi connectivity index (χ2n) is 6.64. The van der Waals surface area contributed by atoms with E-state index in [1.807, 2.05) is 48.9 Å². The largest absolute Gasteiger partial charge is 0.478 e. The van der Waals surface area contributed by atoms with E-state index in [2.05, 4.69) is 4.98 Å². The van der Waals surface area contributed by atoms with Crippen molar-refractivity contribution in [1.82, 2.24) is 9.55 Å². The van der Waals surface area contributed by atoms with Crippen LogP contribution in [0.1, 0.15) is 36.9 Å². The Hall–Kier alpha value is -2.93. The lowest BCUT2D eigenvalue weighted by molar-refractivity contribution is 0.0696. The Morgan fingerprint density at radius 2 is 1.93 bits per heavy atom. The van der Waals surface area contributed by atoms with Gasteiger partial charge in [-0.2, -0.15) is 0 Å². The van der Waals surface area contributed by atoms with Crippen molar-refractivity contribution in [3.8, 4) is 0 Å². The molecule has 0 amide bonds. The maximum absolute atomic E-state index is 12.8. The standard InChI is InChI=1S/C20H21N3O3S/c1-13-8-17(18(24)9-14-4-6-15(7-5-14)19(25)26)23(11-13)12-16-10-21-20(27-16)22(2)3/h4-8,10-11H,9,12H2,1-3H3,(H,25,26). The minimum atomic E-state index is -0.973. The molecule has 1 N–H and O–H groups in total. The number of aromatic nitrogens is 2. The third-order valence-electron chi connectivity index (χ3n) is 4.13. The fourth-order valence-electron chi connectivity index (χ4n) is 2.81. The lowest BCUT2D eigenvalue weighted by Gasteiger charge is -2.08. The number of anilines is 1. The fraction of sp³-hybridized carbons (Fsp3) is 0.250. The lowest BCUT2D eigenvalue weighted by Crippen LogP contribution is -2.11. The van der Waals surface area contributed by atoms with E-state index in [0.29, 0.717) is 12.2 Å². The van der Waals surface area contributed by atoms with Crippen LogP contribution in [0.4, 0.5) is 5.13 Å². The third kappa shape index (κ3) is 4.43. The van der Waals surface area contributed by atoms with E-state index in [1.54, 1.807) is 23.5 Å². The van der Waals surface area contributed by atoms with Gasteiger partial charge >= 0.3 is 5.97 Å². The number of aromatic carboxylic acids is 1. The number of benzene rings is 1. The third-order valence-corrected chi connectivity index (χ3v) is 5.28. The summed E-state index contributed by atoms with van der Waals surface area (Å²) in [5, 5.41) is 9.90. The minimum Gasteiger partial charge on any atom is -0.478 e. The van der Waals surface area contributed by atoms with Gasteiger partial charge in [0.15, 0.2) is 10.9 Å². The Morgan fingerprint density at radius 1 is 1.22 bits per heavy atom. The number of carbonyl (C=O) groups is 2. The van der Waals surface area contributed by atoms with Gasteiger partial charge in [-0.25, -0.2) is 9.78 Å². The van der Waals surface area contributed by atoms with Gasteiger partial charge in [0, 0.05) is 37.8 Å². The maximum Gasteiger partial charge on any atom is 0.335 e. The number of aryl methyl sites for hydroxylation is 1. The number of nitrogens with zero attached hydrogens (tertiary/aromatic N) is 3. The van der Waals surface area contributed by atoms with Crippen molar-refractivity contribution in [3.63, 3.8) is 0 Å². The van der Waals surface area contributed by atoms with Crippen molar-refractivity contribution in [2.75, 3.05) is 19.0 Å². The first-order valence-corrected chi connectivity index (χ1v) is 9.29. The first-order chi connectivity index (χ1) is 12.8. The molecule has 0 fully saturated rings. The SMILES string of the molecule is Cc1cc(C(=O)Cc2ccc(C(=O)O)cc2)n(Cc2cnc(N(C)C)s2)c1. The van der Waals surface area contributed by atoms with Crippen molar-refractivity contribution < 1.29 is 14.7 Å². The van der Waals surface area contributed by atoms with Crippen molar-refractivity contribution in [3.05, 3.63) is 70.0 Å². The Labute approximate surface area is 161 Å². The highest BCUT2D eigenvalue weighted by Gasteiger charge is 2.15. The molecular formula is C20H21N3O3S. The maximum atomic E-state index is 12.8. The number of carboxylic acid groups (broad SMARTS) is 1. The highest BCUT2D eigenvalue weighted by Crippen LogP contribution is 2.23. The molecule has 0 bridgehead atoms. The molecule has 6 nitrogen and oxygen atoms in total. The molecule has 0 saturated heterocycles. The van der Waals surface area contributed by atoms with Crippen LogP contribution in [0.25, 0.3) is 0 Å². The van der Waals surface area contributed by atoms with Crippen LogP contribution in [0.3, 0.4) is 0 Å². The Bertz CT molecular complexity index is 971. The van der Waals surface area contributed by atoms with Crippen molar-refractivity contribution in [2.45, 2.75) is 19.9 Å². The summed E-state index contributed by atoms with van der Waals surface area (Å²) in [4.78, 5) is 31.2. The van der Waals surface area contributed by atoms with Crippen LogP contribution in [0, 0.1) is 6.92 Å². The molecule has 0 aliphatic heterocycles. The van der Waals surface area contributed by atoms with E-state index in [1.165, 1.54) is 12.1 Å². The number of ketones is 1. The number of carbonyl (C=O) groups excluding carboxylic acids is 1. The zero-order chi connectivity index (χ0) is 19.6. The number of Topliss-reactive ketones (excluding diaryl/α,β-unsaturated/α-hetero) is 1. The summed E-state index contributed by atoms with van der Waals surface area (Å²) in [5.41, 5.74) is 2.68. The molecule has 0 unspecified atom stereocenters. The lowest BCUT2D eigenvalue weighted by atomic mass is 10.0. The summed E-state index contributed by atoms with van der Waals surface area (Å²) in [6.07, 6.45) is 4.04. The molecule has 140 valence electrons. The molecule has 3 aromatic rings. The predicted octanol–water partition coefficient (Wildman–Crippen LogP) is 3.49. The Balaban J connectivity index is 1.77. The van der Waals surface area contributed by atoms with Gasteiger partial charge in [-0.1, -0.05) is 12.1 Å². The first kappa shape index (κ1) is 18.8. The minimum absolute atomic E-state index is 0.00326. The number of rotatable bonds is 7. The van der Waals surface area contributed by atoms with Crippen LogP contribution in [0.2, 0.25) is 0 Å². The molecule has 0 atom stereocenters. The molecule has 3 rings (SSSR count). The predicted molar refractivity (Wildman–Crippen MR) is 106 cm³/mol. The second kappa shape index (κ2) is 7.75. The van der Waals surface area contributed by atoms with Crippen molar-refractivity contribution >= 4 is 28.2 Å². The highest BCUT2D eigenvalue weighted by atomic mass is 32.1. The highest BCUT2D eigenvalue weighted by molar-refractivity contribution is 7.15. The molecule has 27 heavy (non-hydrogen) atoms. The topological polar surface area (TPSA) is 75.4 Å². The fourth-order valence-corrected chi connectivity index (χ4v) is 3.64. The molecule has 7 heteroatoms. The van der Waals surface area contributed by atoms with Crippen molar-refractivity contribution in [2.24, 2.45) is 0 Å².